The predicted molar refractivity (Wildman–Crippen MR) is 107 cm³/mol. The highest BCUT2D eigenvalue weighted by Gasteiger charge is 2.34. The van der Waals surface area contributed by atoms with Gasteiger partial charge in [0, 0.05) is 58.3 Å². The Morgan fingerprint density at radius 1 is 0.857 bits per heavy atom. The molecule has 0 radical (unpaired) electrons. The highest BCUT2D eigenvalue weighted by atomic mass is 16.5. The summed E-state index contributed by atoms with van der Waals surface area (Å²) in [6.45, 7) is 6.48. The van der Waals surface area contributed by atoms with Crippen LogP contribution in [0.25, 0.3) is 0 Å². The molecule has 3 saturated heterocycles. The van der Waals surface area contributed by atoms with Crippen molar-refractivity contribution in [3.63, 3.8) is 0 Å². The smallest absolute Gasteiger partial charge is 0.251 e. The molecule has 0 spiro atoms. The van der Waals surface area contributed by atoms with Gasteiger partial charge in [0.25, 0.3) is 5.91 Å². The van der Waals surface area contributed by atoms with Crippen LogP contribution in [0.5, 0.6) is 0 Å². The van der Waals surface area contributed by atoms with Crippen LogP contribution in [0.2, 0.25) is 0 Å². The average Bonchev–Trinajstić information content (AvgIpc) is 3.29. The summed E-state index contributed by atoms with van der Waals surface area (Å²) >= 11 is 0. The van der Waals surface area contributed by atoms with Crippen LogP contribution < -0.4 is 0 Å². The van der Waals surface area contributed by atoms with Crippen molar-refractivity contribution in [2.45, 2.75) is 38.3 Å². The lowest BCUT2D eigenvalue weighted by atomic mass is 9.94. The Hall–Kier alpha value is -1.92. The van der Waals surface area contributed by atoms with Crippen molar-refractivity contribution >= 4 is 11.8 Å². The van der Waals surface area contributed by atoms with Crippen molar-refractivity contribution < 1.29 is 14.3 Å². The van der Waals surface area contributed by atoms with Crippen LogP contribution in [-0.2, 0) is 20.9 Å². The van der Waals surface area contributed by atoms with Crippen LogP contribution in [0.15, 0.2) is 30.3 Å². The van der Waals surface area contributed by atoms with Gasteiger partial charge in [-0.15, -0.1) is 0 Å². The highest BCUT2D eigenvalue weighted by molar-refractivity contribution is 5.82. The molecule has 1 aromatic rings. The molecule has 0 bridgehead atoms. The lowest BCUT2D eigenvalue weighted by Gasteiger charge is -2.39. The van der Waals surface area contributed by atoms with Gasteiger partial charge in [0.15, 0.2) is 0 Å². The van der Waals surface area contributed by atoms with Crippen LogP contribution >= 0.6 is 0 Å². The van der Waals surface area contributed by atoms with E-state index in [0.29, 0.717) is 19.7 Å². The van der Waals surface area contributed by atoms with Gasteiger partial charge in [-0.3, -0.25) is 14.5 Å². The van der Waals surface area contributed by atoms with Crippen LogP contribution in [-0.4, -0.2) is 78.5 Å². The minimum Gasteiger partial charge on any atom is -0.368 e. The molecule has 0 aromatic heterocycles. The third-order valence-electron chi connectivity index (χ3n) is 6.29. The molecule has 4 rings (SSSR count). The SMILES string of the molecule is O=C(C1CCN(C(=O)C2CCCO2)CC1)N1CCN(Cc2ccccc2)CC1. The second kappa shape index (κ2) is 9.05. The number of amides is 2. The highest BCUT2D eigenvalue weighted by Crippen LogP contribution is 2.23. The van der Waals surface area contributed by atoms with Crippen LogP contribution in [0.1, 0.15) is 31.2 Å². The number of likely N-dealkylation sites (tertiary alicyclic amines) is 1. The Bertz CT molecular complexity index is 659. The number of ether oxygens (including phenoxy) is 1. The lowest BCUT2D eigenvalue weighted by Crippen LogP contribution is -2.52. The molecule has 2 amide bonds. The Kier molecular flexibility index (Phi) is 6.27. The fraction of sp³-hybridized carbons (Fsp3) is 0.636. The van der Waals surface area contributed by atoms with E-state index in [1.165, 1.54) is 5.56 Å². The molecule has 1 atom stereocenters. The van der Waals surface area contributed by atoms with Gasteiger partial charge in [0.1, 0.15) is 6.10 Å². The van der Waals surface area contributed by atoms with Gasteiger partial charge < -0.3 is 14.5 Å². The molecule has 3 aliphatic heterocycles. The molecule has 3 aliphatic rings. The number of benzene rings is 1. The van der Waals surface area contributed by atoms with E-state index in [-0.39, 0.29) is 23.8 Å². The topological polar surface area (TPSA) is 53.1 Å². The maximum Gasteiger partial charge on any atom is 0.251 e. The van der Waals surface area contributed by atoms with Crippen LogP contribution in [0.3, 0.4) is 0 Å². The average molecular weight is 386 g/mol. The van der Waals surface area contributed by atoms with E-state index in [4.69, 9.17) is 4.74 Å². The van der Waals surface area contributed by atoms with Crippen molar-refractivity contribution in [3.05, 3.63) is 35.9 Å². The van der Waals surface area contributed by atoms with E-state index < -0.39 is 0 Å². The summed E-state index contributed by atoms with van der Waals surface area (Å²) in [5, 5.41) is 0. The Labute approximate surface area is 167 Å². The lowest BCUT2D eigenvalue weighted by molar-refractivity contribution is -0.146. The predicted octanol–water partition coefficient (Wildman–Crippen LogP) is 1.75. The zero-order valence-electron chi connectivity index (χ0n) is 16.6. The Morgan fingerprint density at radius 2 is 1.54 bits per heavy atom. The van der Waals surface area contributed by atoms with E-state index in [1.54, 1.807) is 0 Å². The quantitative estimate of drug-likeness (QED) is 0.792. The molecule has 152 valence electrons. The minimum absolute atomic E-state index is 0.0641. The monoisotopic (exact) mass is 385 g/mol. The molecule has 0 saturated carbocycles. The second-order valence-electron chi connectivity index (χ2n) is 8.19. The van der Waals surface area contributed by atoms with Crippen molar-refractivity contribution in [3.8, 4) is 0 Å². The minimum atomic E-state index is -0.245. The van der Waals surface area contributed by atoms with Gasteiger partial charge in [0.05, 0.1) is 0 Å². The molecular weight excluding hydrogens is 354 g/mol. The molecule has 3 heterocycles. The van der Waals surface area contributed by atoms with E-state index >= 15 is 0 Å². The summed E-state index contributed by atoms with van der Waals surface area (Å²) < 4.78 is 5.52. The summed E-state index contributed by atoms with van der Waals surface area (Å²) in [7, 11) is 0. The standard InChI is InChI=1S/C22H31N3O3/c26-21(19-8-10-24(11-9-19)22(27)20-7-4-16-28-20)25-14-12-23(13-15-25)17-18-5-2-1-3-6-18/h1-3,5-6,19-20H,4,7-17H2. The number of carbonyl (C=O) groups is 2. The molecule has 3 fully saturated rings. The number of carbonyl (C=O) groups excluding carboxylic acids is 2. The van der Waals surface area contributed by atoms with Crippen molar-refractivity contribution in [1.29, 1.82) is 0 Å². The summed E-state index contributed by atoms with van der Waals surface area (Å²) in [6, 6.07) is 10.5. The number of piperazine rings is 1. The summed E-state index contributed by atoms with van der Waals surface area (Å²) in [4.78, 5) is 31.7. The Morgan fingerprint density at radius 3 is 2.18 bits per heavy atom. The largest absolute Gasteiger partial charge is 0.368 e. The van der Waals surface area contributed by atoms with E-state index in [1.807, 2.05) is 15.9 Å². The third kappa shape index (κ3) is 4.55. The van der Waals surface area contributed by atoms with Crippen molar-refractivity contribution in [1.82, 2.24) is 14.7 Å². The molecule has 0 aliphatic carbocycles. The maximum atomic E-state index is 12.9. The van der Waals surface area contributed by atoms with Gasteiger partial charge >= 0.3 is 0 Å². The second-order valence-corrected chi connectivity index (χ2v) is 8.19. The van der Waals surface area contributed by atoms with Crippen molar-refractivity contribution in [2.24, 2.45) is 5.92 Å². The fourth-order valence-electron chi connectivity index (χ4n) is 4.55. The van der Waals surface area contributed by atoms with E-state index in [9.17, 15) is 9.59 Å². The number of rotatable bonds is 4. The molecule has 6 heteroatoms. The van der Waals surface area contributed by atoms with Gasteiger partial charge in [-0.25, -0.2) is 0 Å². The zero-order valence-corrected chi connectivity index (χ0v) is 16.6. The Balaban J connectivity index is 1.21. The van der Waals surface area contributed by atoms with E-state index in [0.717, 1.165) is 58.4 Å². The van der Waals surface area contributed by atoms with Gasteiger partial charge in [0.2, 0.25) is 5.91 Å². The first-order chi connectivity index (χ1) is 13.7. The maximum absolute atomic E-state index is 12.9. The van der Waals surface area contributed by atoms with Crippen LogP contribution in [0, 0.1) is 5.92 Å². The number of nitrogens with zero attached hydrogens (tertiary/aromatic N) is 3. The summed E-state index contributed by atoms with van der Waals surface area (Å²) in [5.41, 5.74) is 1.32. The molecule has 1 unspecified atom stereocenters. The summed E-state index contributed by atoms with van der Waals surface area (Å²) in [6.07, 6.45) is 3.13. The number of piperidine rings is 1. The van der Waals surface area contributed by atoms with Crippen molar-refractivity contribution in [2.75, 3.05) is 45.9 Å². The first-order valence-electron chi connectivity index (χ1n) is 10.7. The normalized spacial score (nSPS) is 24.5. The van der Waals surface area contributed by atoms with Gasteiger partial charge in [-0.2, -0.15) is 0 Å². The number of hydrogen-bond acceptors (Lipinski definition) is 4. The van der Waals surface area contributed by atoms with E-state index in [2.05, 4.69) is 29.2 Å². The van der Waals surface area contributed by atoms with Gasteiger partial charge in [-0.1, -0.05) is 30.3 Å². The molecule has 1 aromatic carbocycles. The van der Waals surface area contributed by atoms with Crippen LogP contribution in [0.4, 0.5) is 0 Å². The molecule has 28 heavy (non-hydrogen) atoms. The molecule has 0 N–H and O–H groups in total. The zero-order chi connectivity index (χ0) is 19.3. The van der Waals surface area contributed by atoms with Gasteiger partial charge in [-0.05, 0) is 31.2 Å². The fourth-order valence-corrected chi connectivity index (χ4v) is 4.55. The number of hydrogen-bond donors (Lipinski definition) is 0. The third-order valence-corrected chi connectivity index (χ3v) is 6.29. The molecular formula is C22H31N3O3. The first-order valence-corrected chi connectivity index (χ1v) is 10.7. The summed E-state index contributed by atoms with van der Waals surface area (Å²) in [5.74, 6) is 0.468. The first kappa shape index (κ1) is 19.4. The molecule has 6 nitrogen and oxygen atoms in total.